The van der Waals surface area contributed by atoms with Crippen molar-refractivity contribution in [2.24, 2.45) is 29.6 Å². The van der Waals surface area contributed by atoms with Gasteiger partial charge in [0.1, 0.15) is 0 Å². The van der Waals surface area contributed by atoms with Gasteiger partial charge in [-0.05, 0) is 170 Å². The molecular weight excluding hydrogens is 1630 g/mol. The standard InChI is InChI=1S/C16H21F3O.C15H19F3O.C14H17F3O.C14H19F3O.C13H17F3O.C11H13F3O.C9H10F3NO/c1-12-7-9-14(10-8-12)15(20,16(17,18)19)11-13-5-3-2-4-6-13;1-11-6-8-13(9-7-11)14(19,15(16,17)18)10-12-4-2-3-5-12;1-10-6-8-12(9-7-10)13(18,14(15,16)17)11-4-2-3-5-11;1-10(2)8-9-13(18,14(15,16)17)12-6-4-11(3)5-7-12;1-9(2)8-12(17,13(14,15)16)11-6-4-10(3)5-7-11;1-3-10(15,11(12,13)14)9-6-4-8(2)5-7-9;1-6-3-4-7(5-13-6)8(2,14)9(10,11)12/h7-10,13,20H,2-6,11H2,1H3;6-9,12,19H,2-5,10H2,1H3;6-9,11,18H,2-5H2,1H3;4-7,10,18H,8-9H2,1-3H3;4-7,9,17H,8H2,1-3H3;4-7,15H,3H2,1-2H3;3-5,14H,1-2H3. The number of aliphatic hydroxyl groups is 7. The van der Waals surface area contributed by atoms with Gasteiger partial charge in [-0.15, -0.1) is 0 Å². The molecule has 8 nitrogen and oxygen atoms in total. The molecule has 7 aromatic rings. The first kappa shape index (κ1) is 106. The van der Waals surface area contributed by atoms with E-state index in [4.69, 9.17) is 0 Å². The van der Waals surface area contributed by atoms with Gasteiger partial charge in [-0.3, -0.25) is 4.98 Å². The van der Waals surface area contributed by atoms with Gasteiger partial charge in [-0.1, -0.05) is 290 Å². The lowest BCUT2D eigenvalue weighted by atomic mass is 9.77. The lowest BCUT2D eigenvalue weighted by Crippen LogP contribution is -2.47. The SMILES string of the molecule is CCC(O)(c1ccc(C)cc1)C(F)(F)F.Cc1ccc(C(C)(O)C(F)(F)F)cn1.Cc1ccc(C(O)(C2CCCC2)C(F)(F)F)cc1.Cc1ccc(C(O)(CC(C)C)C(F)(F)F)cc1.Cc1ccc(C(O)(CC2CCCC2)C(F)(F)F)cc1.Cc1ccc(C(O)(CC2CCCCC2)C(F)(F)F)cc1.Cc1ccc(C(O)(CCC(C)C)C(F)(F)F)cc1. The summed E-state index contributed by atoms with van der Waals surface area (Å²) >= 11 is 0. The van der Waals surface area contributed by atoms with Crippen LogP contribution in [0.25, 0.3) is 0 Å². The number of hydrogen-bond donors (Lipinski definition) is 7. The van der Waals surface area contributed by atoms with Crippen molar-refractivity contribution in [2.45, 2.75) is 294 Å². The Bertz CT molecular complexity index is 4170. The Labute approximate surface area is 696 Å². The van der Waals surface area contributed by atoms with E-state index in [2.05, 4.69) is 4.98 Å². The van der Waals surface area contributed by atoms with E-state index in [9.17, 15) is 128 Å². The third-order valence-corrected chi connectivity index (χ3v) is 22.6. The van der Waals surface area contributed by atoms with Gasteiger partial charge in [0, 0.05) is 23.4 Å². The Kier molecular flexibility index (Phi) is 37.8. The second-order valence-corrected chi connectivity index (χ2v) is 33.4. The van der Waals surface area contributed by atoms with E-state index < -0.39 is 88.4 Å². The van der Waals surface area contributed by atoms with Crippen LogP contribution in [-0.4, -0.2) is 84.0 Å². The molecule has 0 aliphatic heterocycles. The minimum atomic E-state index is -4.69. The molecule has 3 aliphatic carbocycles. The summed E-state index contributed by atoms with van der Waals surface area (Å²) in [5.74, 6) is -0.933. The largest absolute Gasteiger partial charge is 0.421 e. The molecule has 7 N–H and O–H groups in total. The van der Waals surface area contributed by atoms with Gasteiger partial charge in [-0.25, -0.2) is 0 Å². The molecule has 121 heavy (non-hydrogen) atoms. The number of nitrogens with zero attached hydrogens (tertiary/aromatic N) is 1. The number of aromatic nitrogens is 1. The monoisotopic (exact) mass is 1750 g/mol. The minimum Gasteiger partial charge on any atom is -0.376 e. The molecule has 29 heteroatoms. The van der Waals surface area contributed by atoms with E-state index in [1.807, 2.05) is 34.6 Å². The molecule has 7 unspecified atom stereocenters. The number of pyridine rings is 1. The van der Waals surface area contributed by atoms with Gasteiger partial charge < -0.3 is 35.7 Å². The average molecular weight is 1750 g/mol. The van der Waals surface area contributed by atoms with E-state index in [-0.39, 0.29) is 94.7 Å². The zero-order chi connectivity index (χ0) is 92.2. The number of hydrogen-bond acceptors (Lipinski definition) is 8. The summed E-state index contributed by atoms with van der Waals surface area (Å²) < 4.78 is 273. The predicted molar refractivity (Wildman–Crippen MR) is 425 cm³/mol. The van der Waals surface area contributed by atoms with Gasteiger partial charge >= 0.3 is 43.2 Å². The molecule has 0 radical (unpaired) electrons. The Morgan fingerprint density at radius 1 is 0.306 bits per heavy atom. The molecular formula is C92H116F21NO7. The van der Waals surface area contributed by atoms with Crippen molar-refractivity contribution in [3.63, 3.8) is 0 Å². The fraction of sp³-hybridized carbons (Fsp3) is 0.554. The fourth-order valence-corrected chi connectivity index (χ4v) is 14.6. The molecule has 0 spiro atoms. The molecule has 3 aliphatic rings. The van der Waals surface area contributed by atoms with Crippen LogP contribution in [0.15, 0.2) is 164 Å². The van der Waals surface area contributed by atoms with Crippen molar-refractivity contribution in [3.8, 4) is 0 Å². The van der Waals surface area contributed by atoms with Gasteiger partial charge in [0.25, 0.3) is 0 Å². The molecule has 0 saturated heterocycles. The quantitative estimate of drug-likeness (QED) is 0.0419. The van der Waals surface area contributed by atoms with Crippen LogP contribution in [-0.2, 0) is 39.2 Å². The molecule has 0 amide bonds. The molecule has 0 bridgehead atoms. The summed E-state index contributed by atoms with van der Waals surface area (Å²) in [5.41, 5.74) is -14.0. The van der Waals surface area contributed by atoms with Crippen LogP contribution in [0.3, 0.4) is 0 Å². The predicted octanol–water partition coefficient (Wildman–Crippen LogP) is 26.3. The highest BCUT2D eigenvalue weighted by Gasteiger charge is 2.62. The van der Waals surface area contributed by atoms with E-state index in [0.29, 0.717) is 31.9 Å². The number of aryl methyl sites for hydroxylation is 7. The van der Waals surface area contributed by atoms with Crippen molar-refractivity contribution in [1.29, 1.82) is 0 Å². The van der Waals surface area contributed by atoms with E-state index in [0.717, 1.165) is 110 Å². The van der Waals surface area contributed by atoms with Crippen LogP contribution in [0.4, 0.5) is 92.2 Å². The normalized spacial score (nSPS) is 18.2. The minimum absolute atomic E-state index is 0.0343. The summed E-state index contributed by atoms with van der Waals surface area (Å²) in [6, 6.07) is 38.1. The van der Waals surface area contributed by atoms with Crippen molar-refractivity contribution in [3.05, 3.63) is 242 Å². The smallest absolute Gasteiger partial charge is 0.376 e. The molecule has 7 atom stereocenters. The second kappa shape index (κ2) is 43.1. The number of rotatable bonds is 18. The number of benzene rings is 6. The van der Waals surface area contributed by atoms with E-state index in [1.165, 1.54) is 91.9 Å². The maximum absolute atomic E-state index is 13.4. The van der Waals surface area contributed by atoms with Gasteiger partial charge in [-0.2, -0.15) is 92.2 Å². The Balaban J connectivity index is 0.000000297. The summed E-state index contributed by atoms with van der Waals surface area (Å²) in [4.78, 5) is 3.70. The third kappa shape index (κ3) is 28.6. The lowest BCUT2D eigenvalue weighted by molar-refractivity contribution is -0.286. The highest BCUT2D eigenvalue weighted by Crippen LogP contribution is 2.53. The number of halogens is 21. The molecule has 3 saturated carbocycles. The van der Waals surface area contributed by atoms with Crippen LogP contribution in [0, 0.1) is 78.1 Å². The third-order valence-electron chi connectivity index (χ3n) is 22.6. The van der Waals surface area contributed by atoms with E-state index >= 15 is 0 Å². The first-order valence-corrected chi connectivity index (χ1v) is 40.3. The highest BCUT2D eigenvalue weighted by molar-refractivity contribution is 5.34. The number of alkyl halides is 21. The lowest BCUT2D eigenvalue weighted by Gasteiger charge is -2.36. The topological polar surface area (TPSA) is 154 Å². The molecule has 3 fully saturated rings. The first-order valence-electron chi connectivity index (χ1n) is 40.3. The van der Waals surface area contributed by atoms with Gasteiger partial charge in [0.2, 0.25) is 0 Å². The van der Waals surface area contributed by atoms with Crippen LogP contribution < -0.4 is 0 Å². The highest BCUT2D eigenvalue weighted by atomic mass is 19.4. The maximum Gasteiger partial charge on any atom is 0.421 e. The zero-order valence-corrected chi connectivity index (χ0v) is 70.4. The van der Waals surface area contributed by atoms with Crippen molar-refractivity contribution >= 4 is 0 Å². The molecule has 10 rings (SSSR count). The van der Waals surface area contributed by atoms with Crippen molar-refractivity contribution in [2.75, 3.05) is 0 Å². The molecule has 1 aromatic heterocycles. The Morgan fingerprint density at radius 2 is 0.570 bits per heavy atom. The van der Waals surface area contributed by atoms with Crippen LogP contribution in [0.5, 0.6) is 0 Å². The maximum atomic E-state index is 13.4. The fourth-order valence-electron chi connectivity index (χ4n) is 14.6. The average Bonchev–Trinajstić information content (AvgIpc) is 1.72. The van der Waals surface area contributed by atoms with Crippen LogP contribution in [0.1, 0.15) is 242 Å². The molecule has 6 aromatic carbocycles. The zero-order valence-electron chi connectivity index (χ0n) is 70.4. The summed E-state index contributed by atoms with van der Waals surface area (Å²) in [7, 11) is 0. The summed E-state index contributed by atoms with van der Waals surface area (Å²) in [6.07, 6.45) is -22.2. The molecule has 678 valence electrons. The summed E-state index contributed by atoms with van der Waals surface area (Å²) in [6.45, 7) is 21.5. The Morgan fingerprint density at radius 3 is 0.826 bits per heavy atom. The van der Waals surface area contributed by atoms with Crippen molar-refractivity contribution < 1.29 is 128 Å². The second-order valence-electron chi connectivity index (χ2n) is 33.4. The first-order chi connectivity index (χ1) is 55.4. The van der Waals surface area contributed by atoms with Gasteiger partial charge in [0.15, 0.2) is 39.2 Å². The molecule has 1 heterocycles. The van der Waals surface area contributed by atoms with E-state index in [1.54, 1.807) is 114 Å². The van der Waals surface area contributed by atoms with Gasteiger partial charge in [0.05, 0.1) is 0 Å². The van der Waals surface area contributed by atoms with Crippen molar-refractivity contribution in [1.82, 2.24) is 4.98 Å². The van der Waals surface area contributed by atoms with Crippen LogP contribution >= 0.6 is 0 Å². The van der Waals surface area contributed by atoms with Crippen LogP contribution in [0.2, 0.25) is 0 Å². The summed E-state index contributed by atoms with van der Waals surface area (Å²) in [5, 5.41) is 69.7. The Hall–Kier alpha value is -7.28.